The quantitative estimate of drug-likeness (QED) is 0.873. The minimum absolute atomic E-state index is 0.0602. The summed E-state index contributed by atoms with van der Waals surface area (Å²) in [6, 6.07) is 6.12. The summed E-state index contributed by atoms with van der Waals surface area (Å²) in [7, 11) is 0. The Morgan fingerprint density at radius 3 is 2.89 bits per heavy atom. The van der Waals surface area contributed by atoms with Crippen LogP contribution in [0.15, 0.2) is 34.9 Å². The lowest BCUT2D eigenvalue weighted by Gasteiger charge is -2.06. The van der Waals surface area contributed by atoms with Crippen molar-refractivity contribution >= 4 is 27.7 Å². The monoisotopic (exact) mass is 327 g/mol. The zero-order chi connectivity index (χ0) is 13.8. The van der Waals surface area contributed by atoms with Crippen LogP contribution < -0.4 is 5.73 Å². The van der Waals surface area contributed by atoms with Gasteiger partial charge in [-0.3, -0.25) is 9.48 Å². The molecule has 0 fully saturated rings. The number of rotatable bonds is 4. The summed E-state index contributed by atoms with van der Waals surface area (Å²) in [5.41, 5.74) is 5.73. The van der Waals surface area contributed by atoms with Gasteiger partial charge in [0.25, 0.3) is 0 Å². The molecule has 0 saturated carbocycles. The number of aromatic nitrogens is 2. The van der Waals surface area contributed by atoms with Gasteiger partial charge in [0.15, 0.2) is 0 Å². The van der Waals surface area contributed by atoms with Crippen LogP contribution >= 0.6 is 15.9 Å². The summed E-state index contributed by atoms with van der Waals surface area (Å²) in [5.74, 6) is -0.609. The van der Waals surface area contributed by atoms with Crippen LogP contribution in [0, 0.1) is 5.82 Å². The Balaban J connectivity index is 1.89. The third-order valence-electron chi connectivity index (χ3n) is 2.36. The van der Waals surface area contributed by atoms with Crippen LogP contribution in [0.2, 0.25) is 0 Å². The molecule has 2 N–H and O–H groups in total. The Labute approximate surface area is 117 Å². The highest BCUT2D eigenvalue weighted by Crippen LogP contribution is 2.16. The lowest BCUT2D eigenvalue weighted by atomic mass is 10.2. The molecule has 0 atom stereocenters. The summed E-state index contributed by atoms with van der Waals surface area (Å²) >= 11 is 3.15. The predicted molar refractivity (Wildman–Crippen MR) is 70.5 cm³/mol. The molecule has 1 aromatic carbocycles. The van der Waals surface area contributed by atoms with Gasteiger partial charge in [0.1, 0.15) is 24.8 Å². The van der Waals surface area contributed by atoms with Crippen molar-refractivity contribution in [3.8, 4) is 0 Å². The Kier molecular flexibility index (Phi) is 4.16. The first-order chi connectivity index (χ1) is 9.04. The number of anilines is 1. The Morgan fingerprint density at radius 1 is 1.47 bits per heavy atom. The largest absolute Gasteiger partial charge is 0.459 e. The summed E-state index contributed by atoms with van der Waals surface area (Å²) in [5, 5.41) is 3.85. The number of hydrogen-bond acceptors (Lipinski definition) is 4. The van der Waals surface area contributed by atoms with Gasteiger partial charge in [0, 0.05) is 16.2 Å². The molecule has 1 aromatic heterocycles. The van der Waals surface area contributed by atoms with Gasteiger partial charge < -0.3 is 10.5 Å². The number of halogens is 2. The lowest BCUT2D eigenvalue weighted by Crippen LogP contribution is -2.14. The molecular weight excluding hydrogens is 317 g/mol. The predicted octanol–water partition coefficient (Wildman–Crippen LogP) is 2.11. The van der Waals surface area contributed by atoms with E-state index >= 15 is 0 Å². The maximum Gasteiger partial charge on any atom is 0.328 e. The molecule has 7 heteroatoms. The summed E-state index contributed by atoms with van der Waals surface area (Å²) in [6.07, 6.45) is 1.57. The number of carbonyl (C=O) groups excluding carboxylic acids is 1. The first-order valence-corrected chi connectivity index (χ1v) is 6.22. The van der Waals surface area contributed by atoms with Crippen molar-refractivity contribution in [3.63, 3.8) is 0 Å². The van der Waals surface area contributed by atoms with E-state index in [-0.39, 0.29) is 13.2 Å². The average Bonchev–Trinajstić information content (AvgIpc) is 2.73. The summed E-state index contributed by atoms with van der Waals surface area (Å²) in [6.45, 7) is -0.177. The molecule has 1 heterocycles. The van der Waals surface area contributed by atoms with E-state index in [0.29, 0.717) is 15.9 Å². The van der Waals surface area contributed by atoms with Crippen molar-refractivity contribution in [3.05, 3.63) is 46.3 Å². The van der Waals surface area contributed by atoms with Gasteiger partial charge in [0.2, 0.25) is 0 Å². The highest BCUT2D eigenvalue weighted by Gasteiger charge is 2.08. The molecule has 5 nitrogen and oxygen atoms in total. The highest BCUT2D eigenvalue weighted by molar-refractivity contribution is 9.10. The van der Waals surface area contributed by atoms with Crippen molar-refractivity contribution in [2.24, 2.45) is 0 Å². The zero-order valence-electron chi connectivity index (χ0n) is 9.85. The van der Waals surface area contributed by atoms with Crippen LogP contribution in [0.4, 0.5) is 10.2 Å². The number of carbonyl (C=O) groups is 1. The molecule has 100 valence electrons. The normalized spacial score (nSPS) is 10.4. The molecule has 0 unspecified atom stereocenters. The SMILES string of the molecule is Nc1ccn(CC(=O)OCc2ccc(Br)cc2F)n1. The first kappa shape index (κ1) is 13.5. The van der Waals surface area contributed by atoms with Crippen molar-refractivity contribution in [2.45, 2.75) is 13.2 Å². The van der Waals surface area contributed by atoms with Crippen molar-refractivity contribution in [2.75, 3.05) is 5.73 Å². The molecule has 2 aromatic rings. The molecule has 19 heavy (non-hydrogen) atoms. The van der Waals surface area contributed by atoms with Gasteiger partial charge >= 0.3 is 5.97 Å². The van der Waals surface area contributed by atoms with Gasteiger partial charge in [-0.25, -0.2) is 4.39 Å². The fourth-order valence-electron chi connectivity index (χ4n) is 1.44. The number of nitrogen functional groups attached to an aromatic ring is 1. The Morgan fingerprint density at radius 2 is 2.26 bits per heavy atom. The summed E-state index contributed by atoms with van der Waals surface area (Å²) in [4.78, 5) is 11.5. The van der Waals surface area contributed by atoms with E-state index in [0.717, 1.165) is 0 Å². The van der Waals surface area contributed by atoms with Crippen LogP contribution in [0.25, 0.3) is 0 Å². The molecule has 2 rings (SSSR count). The van der Waals surface area contributed by atoms with Crippen LogP contribution in [-0.4, -0.2) is 15.7 Å². The molecule has 0 saturated heterocycles. The molecule has 0 spiro atoms. The van der Waals surface area contributed by atoms with Crippen LogP contribution in [0.3, 0.4) is 0 Å². The molecule has 0 aliphatic heterocycles. The number of esters is 1. The smallest absolute Gasteiger partial charge is 0.328 e. The van der Waals surface area contributed by atoms with Gasteiger partial charge in [0.05, 0.1) is 0 Å². The van der Waals surface area contributed by atoms with E-state index in [2.05, 4.69) is 21.0 Å². The van der Waals surface area contributed by atoms with E-state index < -0.39 is 11.8 Å². The van der Waals surface area contributed by atoms with E-state index in [1.54, 1.807) is 24.4 Å². The molecule has 0 aliphatic carbocycles. The second-order valence-electron chi connectivity index (χ2n) is 3.83. The van der Waals surface area contributed by atoms with E-state index in [1.807, 2.05) is 0 Å². The molecule has 0 bridgehead atoms. The Bertz CT molecular complexity index is 600. The van der Waals surface area contributed by atoms with E-state index in [1.165, 1.54) is 10.7 Å². The van der Waals surface area contributed by atoms with Gasteiger partial charge in [-0.2, -0.15) is 5.10 Å². The zero-order valence-corrected chi connectivity index (χ0v) is 11.4. The lowest BCUT2D eigenvalue weighted by molar-refractivity contribution is -0.145. The van der Waals surface area contributed by atoms with E-state index in [9.17, 15) is 9.18 Å². The molecule has 0 amide bonds. The van der Waals surface area contributed by atoms with Gasteiger partial charge in [-0.05, 0) is 18.2 Å². The molecule has 0 aliphatic rings. The van der Waals surface area contributed by atoms with Crippen molar-refractivity contribution in [1.82, 2.24) is 9.78 Å². The second kappa shape index (κ2) is 5.83. The van der Waals surface area contributed by atoms with Crippen molar-refractivity contribution in [1.29, 1.82) is 0 Å². The third kappa shape index (κ3) is 3.78. The van der Waals surface area contributed by atoms with Crippen LogP contribution in [0.1, 0.15) is 5.56 Å². The second-order valence-corrected chi connectivity index (χ2v) is 4.75. The van der Waals surface area contributed by atoms with Crippen LogP contribution in [-0.2, 0) is 22.7 Å². The fraction of sp³-hybridized carbons (Fsp3) is 0.167. The standard InChI is InChI=1S/C12H11BrFN3O2/c13-9-2-1-8(10(14)5-9)7-19-12(18)6-17-4-3-11(15)16-17/h1-5H,6-7H2,(H2,15,16). The minimum Gasteiger partial charge on any atom is -0.459 e. The van der Waals surface area contributed by atoms with E-state index in [4.69, 9.17) is 10.5 Å². The fourth-order valence-corrected chi connectivity index (χ4v) is 1.77. The molecule has 0 radical (unpaired) electrons. The van der Waals surface area contributed by atoms with Gasteiger partial charge in [-0.1, -0.05) is 22.0 Å². The Hall–Kier alpha value is -1.89. The number of nitrogens with two attached hydrogens (primary N) is 1. The number of benzene rings is 1. The maximum absolute atomic E-state index is 13.5. The van der Waals surface area contributed by atoms with Crippen molar-refractivity contribution < 1.29 is 13.9 Å². The van der Waals surface area contributed by atoms with Crippen LogP contribution in [0.5, 0.6) is 0 Å². The minimum atomic E-state index is -0.509. The first-order valence-electron chi connectivity index (χ1n) is 5.43. The summed E-state index contributed by atoms with van der Waals surface area (Å²) < 4.78 is 20.4. The highest BCUT2D eigenvalue weighted by atomic mass is 79.9. The molecular formula is C12H11BrFN3O2. The van der Waals surface area contributed by atoms with Gasteiger partial charge in [-0.15, -0.1) is 0 Å². The number of ether oxygens (including phenoxy) is 1. The number of nitrogens with zero attached hydrogens (tertiary/aromatic N) is 2. The third-order valence-corrected chi connectivity index (χ3v) is 2.85. The topological polar surface area (TPSA) is 70.1 Å². The number of hydrogen-bond donors (Lipinski definition) is 1. The average molecular weight is 328 g/mol. The maximum atomic E-state index is 13.5.